The molecular weight excluding hydrogens is 155 g/mol. The molecule has 0 saturated carbocycles. The second-order valence-corrected chi connectivity index (χ2v) is 1.52. The molecule has 0 amide bonds. The molecule has 0 unspecified atom stereocenters. The number of ether oxygens (including phenoxy) is 1. The Kier molecular flexibility index (Phi) is 4.20. The van der Waals surface area contributed by atoms with E-state index in [9.17, 15) is 0 Å². The van der Waals surface area contributed by atoms with Gasteiger partial charge in [-0.2, -0.15) is 0 Å². The number of methoxy groups -OCH3 is 1. The first-order valence-electron chi connectivity index (χ1n) is 2.52. The fraction of sp³-hybridized carbons (Fsp3) is 0.143. The van der Waals surface area contributed by atoms with Gasteiger partial charge in [0.05, 0.1) is 7.11 Å². The number of rotatable bonds is 1. The van der Waals surface area contributed by atoms with E-state index >= 15 is 0 Å². The summed E-state index contributed by atoms with van der Waals surface area (Å²) in [6.45, 7) is 0. The zero-order chi connectivity index (χ0) is 5.82. The van der Waals surface area contributed by atoms with E-state index in [4.69, 9.17) is 4.74 Å². The van der Waals surface area contributed by atoms with Crippen LogP contribution in [0.1, 0.15) is 0 Å². The molecule has 1 nitrogen and oxygen atoms in total. The summed E-state index contributed by atoms with van der Waals surface area (Å²) in [4.78, 5) is 0. The van der Waals surface area contributed by atoms with Crippen molar-refractivity contribution in [2.45, 2.75) is 0 Å². The zero-order valence-electron chi connectivity index (χ0n) is 5.17. The maximum Gasteiger partial charge on any atom is 0.118 e. The van der Waals surface area contributed by atoms with Crippen LogP contribution >= 0.6 is 0 Å². The molecule has 0 spiro atoms. The van der Waals surface area contributed by atoms with E-state index in [-0.39, 0.29) is 17.1 Å². The van der Waals surface area contributed by atoms with Crippen LogP contribution in [0.25, 0.3) is 0 Å². The van der Waals surface area contributed by atoms with E-state index in [1.54, 1.807) is 7.11 Å². The van der Waals surface area contributed by atoms with E-state index in [1.807, 2.05) is 30.3 Å². The minimum Gasteiger partial charge on any atom is -0.497 e. The van der Waals surface area contributed by atoms with Crippen molar-refractivity contribution in [1.29, 1.82) is 0 Å². The van der Waals surface area contributed by atoms with Crippen LogP contribution < -0.4 is 4.74 Å². The van der Waals surface area contributed by atoms with Gasteiger partial charge < -0.3 is 4.74 Å². The molecule has 0 fully saturated rings. The summed E-state index contributed by atoms with van der Waals surface area (Å²) < 4.78 is 4.91. The van der Waals surface area contributed by atoms with E-state index in [2.05, 4.69) is 0 Å². The SMILES string of the molecule is COc1ccccc1.[Mn]. The molecule has 0 aliphatic carbocycles. The van der Waals surface area contributed by atoms with Crippen molar-refractivity contribution in [3.63, 3.8) is 0 Å². The second-order valence-electron chi connectivity index (χ2n) is 1.52. The van der Waals surface area contributed by atoms with Gasteiger partial charge in [-0.25, -0.2) is 0 Å². The van der Waals surface area contributed by atoms with Gasteiger partial charge in [-0.3, -0.25) is 0 Å². The van der Waals surface area contributed by atoms with Crippen LogP contribution in [0, 0.1) is 0 Å². The molecule has 0 aliphatic rings. The molecule has 0 atom stereocenters. The maximum absolute atomic E-state index is 4.91. The standard InChI is InChI=1S/C7H8O.Mn/c1-8-7-5-3-2-4-6-7;/h2-6H,1H3;. The Bertz CT molecular complexity index is 150. The van der Waals surface area contributed by atoms with Gasteiger partial charge in [-0.15, -0.1) is 0 Å². The second kappa shape index (κ2) is 4.42. The third-order valence-electron chi connectivity index (χ3n) is 0.979. The van der Waals surface area contributed by atoms with Crippen molar-refractivity contribution in [3.05, 3.63) is 30.3 Å². The van der Waals surface area contributed by atoms with Crippen molar-refractivity contribution >= 4 is 0 Å². The van der Waals surface area contributed by atoms with Gasteiger partial charge in [0, 0.05) is 17.1 Å². The summed E-state index contributed by atoms with van der Waals surface area (Å²) >= 11 is 0. The van der Waals surface area contributed by atoms with E-state index < -0.39 is 0 Å². The van der Waals surface area contributed by atoms with Crippen LogP contribution in [-0.2, 0) is 17.1 Å². The van der Waals surface area contributed by atoms with Gasteiger partial charge in [0.1, 0.15) is 5.75 Å². The molecule has 1 aromatic carbocycles. The Balaban J connectivity index is 0.000000640. The van der Waals surface area contributed by atoms with Crippen molar-refractivity contribution in [1.82, 2.24) is 0 Å². The largest absolute Gasteiger partial charge is 0.497 e. The van der Waals surface area contributed by atoms with Gasteiger partial charge in [0.25, 0.3) is 0 Å². The van der Waals surface area contributed by atoms with Gasteiger partial charge >= 0.3 is 0 Å². The number of para-hydroxylation sites is 1. The monoisotopic (exact) mass is 163 g/mol. The van der Waals surface area contributed by atoms with Gasteiger partial charge in [0.15, 0.2) is 0 Å². The summed E-state index contributed by atoms with van der Waals surface area (Å²) in [6, 6.07) is 9.68. The van der Waals surface area contributed by atoms with Crippen LogP contribution in [-0.4, -0.2) is 7.11 Å². The summed E-state index contributed by atoms with van der Waals surface area (Å²) in [5, 5.41) is 0. The molecule has 49 valence electrons. The van der Waals surface area contributed by atoms with Crippen molar-refractivity contribution in [2.24, 2.45) is 0 Å². The van der Waals surface area contributed by atoms with Gasteiger partial charge in [-0.05, 0) is 12.1 Å². The molecule has 2 heteroatoms. The first kappa shape index (κ1) is 8.54. The Morgan fingerprint density at radius 1 is 1.11 bits per heavy atom. The Morgan fingerprint density at radius 2 is 1.67 bits per heavy atom. The minimum atomic E-state index is 0. The van der Waals surface area contributed by atoms with Crippen molar-refractivity contribution < 1.29 is 21.8 Å². The molecule has 1 radical (unpaired) electrons. The van der Waals surface area contributed by atoms with Crippen LogP contribution in [0.3, 0.4) is 0 Å². The fourth-order valence-electron chi connectivity index (χ4n) is 0.557. The molecule has 0 aromatic heterocycles. The smallest absolute Gasteiger partial charge is 0.118 e. The van der Waals surface area contributed by atoms with Crippen molar-refractivity contribution in [2.75, 3.05) is 7.11 Å². The van der Waals surface area contributed by atoms with Gasteiger partial charge in [-0.1, -0.05) is 18.2 Å². The summed E-state index contributed by atoms with van der Waals surface area (Å²) in [5.41, 5.74) is 0. The quantitative estimate of drug-likeness (QED) is 0.572. The molecule has 0 aliphatic heterocycles. The van der Waals surface area contributed by atoms with Gasteiger partial charge in [0.2, 0.25) is 0 Å². The van der Waals surface area contributed by atoms with Crippen molar-refractivity contribution in [3.8, 4) is 5.75 Å². The zero-order valence-corrected chi connectivity index (χ0v) is 6.35. The maximum atomic E-state index is 4.91. The average molecular weight is 163 g/mol. The molecule has 0 bridgehead atoms. The number of hydrogen-bond donors (Lipinski definition) is 0. The average Bonchev–Trinajstić information content (AvgIpc) is 1.90. The third-order valence-corrected chi connectivity index (χ3v) is 0.979. The molecular formula is C7H8MnO. The first-order chi connectivity index (χ1) is 3.93. The Labute approximate surface area is 65.5 Å². The third kappa shape index (κ3) is 2.54. The number of benzene rings is 1. The predicted octanol–water partition coefficient (Wildman–Crippen LogP) is 1.69. The molecule has 0 N–H and O–H groups in total. The van der Waals surface area contributed by atoms with Crippen LogP contribution in [0.5, 0.6) is 5.75 Å². The van der Waals surface area contributed by atoms with Crippen LogP contribution in [0.15, 0.2) is 30.3 Å². The summed E-state index contributed by atoms with van der Waals surface area (Å²) in [7, 11) is 1.66. The predicted molar refractivity (Wildman–Crippen MR) is 33.0 cm³/mol. The molecule has 1 aromatic rings. The normalized spacial score (nSPS) is 7.67. The van der Waals surface area contributed by atoms with Crippen LogP contribution in [0.2, 0.25) is 0 Å². The summed E-state index contributed by atoms with van der Waals surface area (Å²) in [5.74, 6) is 0.910. The van der Waals surface area contributed by atoms with E-state index in [0.717, 1.165) is 5.75 Å². The first-order valence-corrected chi connectivity index (χ1v) is 2.52. The molecule has 0 heterocycles. The minimum absolute atomic E-state index is 0. The summed E-state index contributed by atoms with van der Waals surface area (Å²) in [6.07, 6.45) is 0. The number of hydrogen-bond acceptors (Lipinski definition) is 1. The molecule has 9 heavy (non-hydrogen) atoms. The fourth-order valence-corrected chi connectivity index (χ4v) is 0.557. The van der Waals surface area contributed by atoms with E-state index in [1.165, 1.54) is 0 Å². The van der Waals surface area contributed by atoms with E-state index in [0.29, 0.717) is 0 Å². The Morgan fingerprint density at radius 3 is 2.00 bits per heavy atom. The van der Waals surface area contributed by atoms with Crippen LogP contribution in [0.4, 0.5) is 0 Å². The molecule has 0 saturated heterocycles. The molecule has 1 rings (SSSR count). The topological polar surface area (TPSA) is 9.23 Å². The Hall–Kier alpha value is -0.461.